The molecule has 0 aliphatic rings. The van der Waals surface area contributed by atoms with E-state index in [4.69, 9.17) is 10.5 Å². The summed E-state index contributed by atoms with van der Waals surface area (Å²) in [7, 11) is 0. The minimum atomic E-state index is 0. The van der Waals surface area contributed by atoms with Crippen LogP contribution in [0.25, 0.3) is 21.1 Å². The fourth-order valence-electron chi connectivity index (χ4n) is 2.97. The normalized spacial score (nSPS) is 10.8. The molecule has 0 unspecified atom stereocenters. The van der Waals surface area contributed by atoms with Gasteiger partial charge in [-0.15, -0.1) is 0 Å². The molecule has 0 radical (unpaired) electrons. The highest BCUT2D eigenvalue weighted by molar-refractivity contribution is 7.21. The zero-order chi connectivity index (χ0) is 16.5. The van der Waals surface area contributed by atoms with Crippen LogP contribution in [-0.2, 0) is 6.54 Å². The van der Waals surface area contributed by atoms with Gasteiger partial charge < -0.3 is 21.7 Å². The molecule has 0 bridgehead atoms. The van der Waals surface area contributed by atoms with Gasteiger partial charge in [-0.2, -0.15) is 0 Å². The number of nitrogen functional groups attached to an aromatic ring is 1. The van der Waals surface area contributed by atoms with Gasteiger partial charge in [0.15, 0.2) is 0 Å². The first-order chi connectivity index (χ1) is 11.8. The molecule has 6 heteroatoms. The van der Waals surface area contributed by atoms with Crippen molar-refractivity contribution in [2.75, 3.05) is 12.3 Å². The maximum atomic E-state index is 6.29. The standard InChI is InChI=1S/C19H17N3OS.BrH/c1-2-23-15-8-9-16-17(11-15)24-19(20)22(16)12-14-6-3-5-13-7-4-10-21-18(13)14;/h3-11,20H,2,12H2,1H3;1H. The van der Waals surface area contributed by atoms with Crippen LogP contribution in [0.4, 0.5) is 5.13 Å². The molecular formula is C19H18BrN3OS. The lowest BCUT2D eigenvalue weighted by Gasteiger charge is -2.05. The second kappa shape index (κ2) is 7.37. The first-order valence-electron chi connectivity index (χ1n) is 7.93. The summed E-state index contributed by atoms with van der Waals surface area (Å²) in [5.41, 5.74) is 9.60. The molecule has 0 fully saturated rings. The van der Waals surface area contributed by atoms with Crippen LogP contribution in [0.3, 0.4) is 0 Å². The molecule has 25 heavy (non-hydrogen) atoms. The minimum absolute atomic E-state index is 0. The quantitative estimate of drug-likeness (QED) is 0.500. The number of ether oxygens (including phenoxy) is 1. The van der Waals surface area contributed by atoms with Gasteiger partial charge in [0.05, 0.1) is 16.8 Å². The van der Waals surface area contributed by atoms with Crippen molar-refractivity contribution in [1.82, 2.24) is 4.98 Å². The van der Waals surface area contributed by atoms with Gasteiger partial charge in [-0.25, -0.2) is 4.57 Å². The molecule has 0 saturated carbocycles. The van der Waals surface area contributed by atoms with Crippen molar-refractivity contribution >= 4 is 37.6 Å². The van der Waals surface area contributed by atoms with Gasteiger partial charge in [0, 0.05) is 23.2 Å². The average Bonchev–Trinajstić information content (AvgIpc) is 2.90. The monoisotopic (exact) mass is 415 g/mol. The van der Waals surface area contributed by atoms with Gasteiger partial charge in [0.1, 0.15) is 17.8 Å². The zero-order valence-electron chi connectivity index (χ0n) is 13.8. The number of benzene rings is 2. The first kappa shape index (κ1) is 17.6. The molecule has 0 spiro atoms. The van der Waals surface area contributed by atoms with Gasteiger partial charge in [0.2, 0.25) is 0 Å². The van der Waals surface area contributed by atoms with Crippen LogP contribution < -0.4 is 32.0 Å². The van der Waals surface area contributed by atoms with E-state index >= 15 is 0 Å². The Morgan fingerprint density at radius 3 is 2.84 bits per heavy atom. The highest BCUT2D eigenvalue weighted by Gasteiger charge is 2.17. The number of pyridine rings is 1. The summed E-state index contributed by atoms with van der Waals surface area (Å²) in [6.45, 7) is 3.35. The molecule has 4 aromatic rings. The number of aromatic nitrogens is 2. The Morgan fingerprint density at radius 1 is 1.16 bits per heavy atom. The van der Waals surface area contributed by atoms with E-state index in [9.17, 15) is 0 Å². The Balaban J connectivity index is 0.00000182. The summed E-state index contributed by atoms with van der Waals surface area (Å²) in [4.78, 5) is 4.54. The molecule has 0 aliphatic heterocycles. The van der Waals surface area contributed by atoms with E-state index in [1.807, 2.05) is 25.3 Å². The Kier molecular flexibility index (Phi) is 5.20. The highest BCUT2D eigenvalue weighted by Crippen LogP contribution is 2.27. The molecule has 2 N–H and O–H groups in total. The molecular weight excluding hydrogens is 398 g/mol. The second-order valence-corrected chi connectivity index (χ2v) is 6.64. The van der Waals surface area contributed by atoms with E-state index in [1.165, 1.54) is 5.56 Å². The third-order valence-electron chi connectivity index (χ3n) is 4.06. The second-order valence-electron chi connectivity index (χ2n) is 5.58. The lowest BCUT2D eigenvalue weighted by Crippen LogP contribution is -3.00. The van der Waals surface area contributed by atoms with Crippen LogP contribution in [0.1, 0.15) is 12.5 Å². The maximum absolute atomic E-state index is 6.29. The SMILES string of the molecule is CCOc1ccc2c(c1)sc(N)[n+]2Cc1cccc2cccnc12.[Br-]. The fourth-order valence-corrected chi connectivity index (χ4v) is 3.93. The predicted octanol–water partition coefficient (Wildman–Crippen LogP) is 0.770. The van der Waals surface area contributed by atoms with Crippen molar-refractivity contribution < 1.29 is 26.3 Å². The van der Waals surface area contributed by atoms with Gasteiger partial charge in [0.25, 0.3) is 0 Å². The summed E-state index contributed by atoms with van der Waals surface area (Å²) in [6.07, 6.45) is 1.83. The molecule has 4 rings (SSSR count). The van der Waals surface area contributed by atoms with Gasteiger partial charge >= 0.3 is 5.13 Å². The third-order valence-corrected chi connectivity index (χ3v) is 5.03. The van der Waals surface area contributed by atoms with Crippen molar-refractivity contribution in [2.45, 2.75) is 13.5 Å². The highest BCUT2D eigenvalue weighted by atomic mass is 79.9. The summed E-state index contributed by atoms with van der Waals surface area (Å²) in [5, 5.41) is 1.93. The molecule has 2 aromatic heterocycles. The van der Waals surface area contributed by atoms with E-state index in [-0.39, 0.29) is 17.0 Å². The molecule has 2 aromatic carbocycles. The summed E-state index contributed by atoms with van der Waals surface area (Å²) < 4.78 is 8.85. The lowest BCUT2D eigenvalue weighted by atomic mass is 10.1. The number of anilines is 1. The number of hydrogen-bond donors (Lipinski definition) is 1. The Morgan fingerprint density at radius 2 is 2.00 bits per heavy atom. The number of thiazole rings is 1. The fraction of sp³-hybridized carbons (Fsp3) is 0.158. The number of hydrogen-bond acceptors (Lipinski definition) is 4. The van der Waals surface area contributed by atoms with Gasteiger partial charge in [-0.3, -0.25) is 10.7 Å². The topological polar surface area (TPSA) is 52.0 Å². The van der Waals surface area contributed by atoms with E-state index in [1.54, 1.807) is 11.3 Å². The summed E-state index contributed by atoms with van der Waals surface area (Å²) in [6, 6.07) is 16.4. The average molecular weight is 416 g/mol. The molecule has 0 atom stereocenters. The summed E-state index contributed by atoms with van der Waals surface area (Å²) >= 11 is 1.58. The maximum Gasteiger partial charge on any atom is 0.333 e. The van der Waals surface area contributed by atoms with Gasteiger partial charge in [-0.1, -0.05) is 24.3 Å². The Bertz CT molecular complexity index is 1030. The number of halogens is 1. The zero-order valence-corrected chi connectivity index (χ0v) is 16.2. The van der Waals surface area contributed by atoms with Crippen molar-refractivity contribution in [2.24, 2.45) is 0 Å². The van der Waals surface area contributed by atoms with Crippen molar-refractivity contribution in [3.8, 4) is 5.75 Å². The van der Waals surface area contributed by atoms with E-state index in [0.717, 1.165) is 32.0 Å². The summed E-state index contributed by atoms with van der Waals surface area (Å²) in [5.74, 6) is 0.880. The number of fused-ring (bicyclic) bond motifs is 2. The van der Waals surface area contributed by atoms with E-state index in [0.29, 0.717) is 13.2 Å². The molecule has 0 aliphatic carbocycles. The molecule has 2 heterocycles. The first-order valence-corrected chi connectivity index (χ1v) is 8.75. The molecule has 128 valence electrons. The number of nitrogens with two attached hydrogens (primary N) is 1. The number of nitrogens with zero attached hydrogens (tertiary/aromatic N) is 2. The van der Waals surface area contributed by atoms with Crippen LogP contribution in [0.2, 0.25) is 0 Å². The van der Waals surface area contributed by atoms with Crippen LogP contribution in [-0.4, -0.2) is 11.6 Å². The van der Waals surface area contributed by atoms with Crippen LogP contribution in [0.15, 0.2) is 54.7 Å². The van der Waals surface area contributed by atoms with Gasteiger partial charge in [-0.05, 0) is 36.5 Å². The molecule has 4 nitrogen and oxygen atoms in total. The Hall–Kier alpha value is -2.18. The Labute approximate surface area is 160 Å². The van der Waals surface area contributed by atoms with E-state index < -0.39 is 0 Å². The van der Waals surface area contributed by atoms with Crippen molar-refractivity contribution in [3.05, 3.63) is 60.3 Å². The van der Waals surface area contributed by atoms with Crippen molar-refractivity contribution in [1.29, 1.82) is 0 Å². The number of rotatable bonds is 4. The molecule has 0 amide bonds. The van der Waals surface area contributed by atoms with Crippen LogP contribution in [0.5, 0.6) is 5.75 Å². The number of para-hydroxylation sites is 1. The largest absolute Gasteiger partial charge is 1.00 e. The third kappa shape index (κ3) is 3.32. The minimum Gasteiger partial charge on any atom is -1.00 e. The predicted molar refractivity (Wildman–Crippen MR) is 98.4 cm³/mol. The smallest absolute Gasteiger partial charge is 0.333 e. The van der Waals surface area contributed by atoms with Crippen molar-refractivity contribution in [3.63, 3.8) is 0 Å². The van der Waals surface area contributed by atoms with Crippen LogP contribution >= 0.6 is 11.3 Å². The molecule has 0 saturated heterocycles. The van der Waals surface area contributed by atoms with Crippen LogP contribution in [0, 0.1) is 0 Å². The van der Waals surface area contributed by atoms with E-state index in [2.05, 4.69) is 45.9 Å². The lowest BCUT2D eigenvalue weighted by molar-refractivity contribution is -0.643.